The van der Waals surface area contributed by atoms with Crippen molar-refractivity contribution in [1.29, 1.82) is 0 Å². The number of fused-ring (bicyclic) bond motifs is 1. The van der Waals surface area contributed by atoms with Crippen molar-refractivity contribution in [3.8, 4) is 11.5 Å². The van der Waals surface area contributed by atoms with E-state index in [4.69, 9.17) is 4.74 Å². The van der Waals surface area contributed by atoms with Crippen LogP contribution in [0.4, 0.5) is 17.6 Å². The van der Waals surface area contributed by atoms with Crippen LogP contribution in [-0.4, -0.2) is 54.8 Å². The lowest BCUT2D eigenvalue weighted by atomic mass is 9.87. The number of nitrogens with zero attached hydrogens (tertiary/aromatic N) is 1. The molecule has 41 heavy (non-hydrogen) atoms. The molecule has 3 aromatic carbocycles. The Morgan fingerprint density at radius 2 is 1.66 bits per heavy atom. The predicted molar refractivity (Wildman–Crippen MR) is 148 cm³/mol. The van der Waals surface area contributed by atoms with E-state index in [1.807, 2.05) is 30.3 Å². The predicted octanol–water partition coefficient (Wildman–Crippen LogP) is 7.39. The molecule has 0 spiro atoms. The van der Waals surface area contributed by atoms with Crippen LogP contribution < -0.4 is 9.47 Å². The zero-order chi connectivity index (χ0) is 29.0. The summed E-state index contributed by atoms with van der Waals surface area (Å²) in [7, 11) is 0. The molecule has 1 N–H and O–H groups in total. The zero-order valence-electron chi connectivity index (χ0n) is 22.4. The highest BCUT2D eigenvalue weighted by Gasteiger charge is 2.31. The number of allylic oxidation sites excluding steroid dienone is 1. The molecular weight excluding hydrogens is 538 g/mol. The van der Waals surface area contributed by atoms with Crippen LogP contribution in [0, 0.1) is 0 Å². The minimum atomic E-state index is -4.77. The number of carboxylic acids is 1. The largest absolute Gasteiger partial charge is 0.573 e. The van der Waals surface area contributed by atoms with E-state index < -0.39 is 12.3 Å². The molecule has 1 aliphatic heterocycles. The molecule has 1 aliphatic carbocycles. The Morgan fingerprint density at radius 3 is 2.34 bits per heavy atom. The van der Waals surface area contributed by atoms with Gasteiger partial charge in [0.25, 0.3) is 0 Å². The Bertz CT molecular complexity index is 1400. The van der Waals surface area contributed by atoms with Gasteiger partial charge in [0.2, 0.25) is 0 Å². The van der Waals surface area contributed by atoms with E-state index >= 15 is 0 Å². The number of rotatable bonds is 9. The monoisotopic (exact) mass is 569 g/mol. The first-order chi connectivity index (χ1) is 19.7. The first-order valence-corrected chi connectivity index (χ1v) is 13.7. The number of ether oxygens (including phenoxy) is 2. The molecule has 0 aromatic heterocycles. The average molecular weight is 570 g/mol. The summed E-state index contributed by atoms with van der Waals surface area (Å²) in [6, 6.07) is 18.7. The number of hydrogen-bond donors (Lipinski definition) is 1. The zero-order valence-corrected chi connectivity index (χ0v) is 22.4. The summed E-state index contributed by atoms with van der Waals surface area (Å²) < 4.78 is 61.0. The normalized spacial score (nSPS) is 17.7. The quantitative estimate of drug-likeness (QED) is 0.272. The van der Waals surface area contributed by atoms with Crippen molar-refractivity contribution in [1.82, 2.24) is 4.90 Å². The van der Waals surface area contributed by atoms with E-state index in [1.165, 1.54) is 12.1 Å². The Hall–Kier alpha value is -3.85. The smallest absolute Gasteiger partial charge is 0.489 e. The fourth-order valence-corrected chi connectivity index (χ4v) is 5.67. The molecule has 9 heteroatoms. The lowest BCUT2D eigenvalue weighted by Crippen LogP contribution is -2.26. The van der Waals surface area contributed by atoms with Gasteiger partial charge in [-0.1, -0.05) is 30.3 Å². The van der Waals surface area contributed by atoms with Crippen molar-refractivity contribution in [3.05, 3.63) is 94.5 Å². The molecule has 0 unspecified atom stereocenters. The topological polar surface area (TPSA) is 59.0 Å². The molecule has 216 valence electrons. The maximum Gasteiger partial charge on any atom is 0.573 e. The van der Waals surface area contributed by atoms with Crippen LogP contribution in [0.25, 0.3) is 11.1 Å². The van der Waals surface area contributed by atoms with Gasteiger partial charge in [-0.25, -0.2) is 4.79 Å². The van der Waals surface area contributed by atoms with Crippen molar-refractivity contribution in [2.24, 2.45) is 0 Å². The van der Waals surface area contributed by atoms with Crippen molar-refractivity contribution in [2.75, 3.05) is 26.3 Å². The third-order valence-electron chi connectivity index (χ3n) is 7.52. The minimum absolute atomic E-state index is 0.0284. The number of benzene rings is 3. The van der Waals surface area contributed by atoms with Crippen LogP contribution in [0.3, 0.4) is 0 Å². The van der Waals surface area contributed by atoms with Crippen molar-refractivity contribution in [2.45, 2.75) is 44.6 Å². The molecule has 1 saturated heterocycles. The van der Waals surface area contributed by atoms with Crippen LogP contribution >= 0.6 is 0 Å². The molecule has 2 aliphatic rings. The Morgan fingerprint density at radius 1 is 0.951 bits per heavy atom. The summed E-state index contributed by atoms with van der Waals surface area (Å²) in [6.07, 6.45) is -1.29. The van der Waals surface area contributed by atoms with E-state index in [-0.39, 0.29) is 24.1 Å². The molecule has 0 radical (unpaired) electrons. The number of halogens is 4. The third kappa shape index (κ3) is 7.08. The second kappa shape index (κ2) is 12.3. The van der Waals surface area contributed by atoms with Gasteiger partial charge in [-0.2, -0.15) is 0 Å². The maximum absolute atomic E-state index is 12.7. The molecule has 1 heterocycles. The lowest BCUT2D eigenvalue weighted by Gasteiger charge is -2.19. The van der Waals surface area contributed by atoms with E-state index in [1.54, 1.807) is 24.3 Å². The lowest BCUT2D eigenvalue weighted by molar-refractivity contribution is -0.274. The van der Waals surface area contributed by atoms with Gasteiger partial charge in [-0.3, -0.25) is 9.29 Å². The molecule has 1 atom stereocenters. The Balaban J connectivity index is 1.48. The Labute approximate surface area is 236 Å². The summed E-state index contributed by atoms with van der Waals surface area (Å²) in [5.41, 5.74) is 5.54. The van der Waals surface area contributed by atoms with Crippen molar-refractivity contribution >= 4 is 17.1 Å². The fourth-order valence-electron chi connectivity index (χ4n) is 5.67. The van der Waals surface area contributed by atoms with E-state index in [0.29, 0.717) is 19.3 Å². The molecule has 3 aromatic rings. The van der Waals surface area contributed by atoms with E-state index in [0.717, 1.165) is 71.6 Å². The van der Waals surface area contributed by atoms with Crippen molar-refractivity contribution in [3.63, 3.8) is 0 Å². The van der Waals surface area contributed by atoms with Gasteiger partial charge >= 0.3 is 12.3 Å². The summed E-state index contributed by atoms with van der Waals surface area (Å²) in [4.78, 5) is 13.9. The van der Waals surface area contributed by atoms with E-state index in [2.05, 4.69) is 9.64 Å². The highest BCUT2D eigenvalue weighted by Crippen LogP contribution is 2.41. The van der Waals surface area contributed by atoms with Crippen molar-refractivity contribution < 1.29 is 36.9 Å². The summed E-state index contributed by atoms with van der Waals surface area (Å²) >= 11 is 0. The molecular formula is C32H31F4NO4. The molecule has 0 saturated carbocycles. The summed E-state index contributed by atoms with van der Waals surface area (Å²) in [5.74, 6) is -0.572. The number of carbonyl (C=O) groups is 1. The molecule has 0 bridgehead atoms. The number of likely N-dealkylation sites (tertiary alicyclic amines) is 1. The van der Waals surface area contributed by atoms with Gasteiger partial charge in [0.1, 0.15) is 17.6 Å². The van der Waals surface area contributed by atoms with Gasteiger partial charge in [0.15, 0.2) is 0 Å². The third-order valence-corrected chi connectivity index (χ3v) is 7.52. The fraction of sp³-hybridized carbons (Fsp3) is 0.344. The Kier molecular flexibility index (Phi) is 8.63. The minimum Gasteiger partial charge on any atom is -0.489 e. The SMILES string of the molecule is O=C(O)c1ccc2c(c1)CCCC(c1ccc(OC(F)(F)F)cc1)=C2c1ccc(O[C@H]2CCN(CCCF)C2)cc1. The number of hydrogen-bond acceptors (Lipinski definition) is 4. The summed E-state index contributed by atoms with van der Waals surface area (Å²) in [5, 5.41) is 9.55. The van der Waals surface area contributed by atoms with Crippen LogP contribution in [0.5, 0.6) is 11.5 Å². The molecule has 1 fully saturated rings. The van der Waals surface area contributed by atoms with Gasteiger partial charge < -0.3 is 14.6 Å². The van der Waals surface area contributed by atoms with Gasteiger partial charge in [0.05, 0.1) is 12.2 Å². The molecule has 5 nitrogen and oxygen atoms in total. The van der Waals surface area contributed by atoms with Crippen LogP contribution in [0.1, 0.15) is 58.3 Å². The first-order valence-electron chi connectivity index (χ1n) is 13.7. The summed E-state index contributed by atoms with van der Waals surface area (Å²) in [6.45, 7) is 2.03. The van der Waals surface area contributed by atoms with E-state index in [9.17, 15) is 27.5 Å². The molecule has 5 rings (SSSR count). The second-order valence-electron chi connectivity index (χ2n) is 10.4. The number of alkyl halides is 4. The van der Waals surface area contributed by atoms with Crippen LogP contribution in [0.15, 0.2) is 66.7 Å². The first kappa shape index (κ1) is 28.7. The van der Waals surface area contributed by atoms with Gasteiger partial charge in [-0.15, -0.1) is 13.2 Å². The maximum atomic E-state index is 12.7. The number of aryl methyl sites for hydroxylation is 1. The number of aromatic carboxylic acids is 1. The van der Waals surface area contributed by atoms with Crippen LogP contribution in [-0.2, 0) is 6.42 Å². The average Bonchev–Trinajstić information content (AvgIpc) is 3.30. The molecule has 0 amide bonds. The highest BCUT2D eigenvalue weighted by atomic mass is 19.4. The standard InChI is InChI=1S/C32H31F4NO4/c33-16-2-17-37-18-15-27(20-37)40-25-10-7-22(8-11-25)30-28(21-5-12-26(13-6-21)41-32(34,35)36)4-1-3-23-19-24(31(38)39)9-14-29(23)30/h5-14,19,27H,1-4,15-18,20H2,(H,38,39)/t27-/m0/s1. The highest BCUT2D eigenvalue weighted by molar-refractivity contribution is 6.00. The second-order valence-corrected chi connectivity index (χ2v) is 10.4. The van der Waals surface area contributed by atoms with Crippen LogP contribution in [0.2, 0.25) is 0 Å². The number of carboxylic acid groups (broad SMARTS) is 1. The van der Waals surface area contributed by atoms with Gasteiger partial charge in [-0.05, 0) is 102 Å². The van der Waals surface area contributed by atoms with Gasteiger partial charge in [0, 0.05) is 19.6 Å².